The Labute approximate surface area is 121 Å². The van der Waals surface area contributed by atoms with Crippen molar-refractivity contribution in [1.29, 1.82) is 0 Å². The number of carbonyl (C=O) groups excluding carboxylic acids is 1. The summed E-state index contributed by atoms with van der Waals surface area (Å²) in [5, 5.41) is 2.60. The molecule has 1 aromatic carbocycles. The first-order valence-corrected chi connectivity index (χ1v) is 7.37. The minimum Gasteiger partial charge on any atom is -0.325 e. The molecule has 0 bridgehead atoms. The summed E-state index contributed by atoms with van der Waals surface area (Å²) in [4.78, 5) is 21.0. The molecule has 2 heterocycles. The van der Waals surface area contributed by atoms with Gasteiger partial charge in [0, 0.05) is 18.3 Å². The predicted molar refractivity (Wildman–Crippen MR) is 81.0 cm³/mol. The van der Waals surface area contributed by atoms with Crippen LogP contribution in [0, 0.1) is 5.92 Å². The molecule has 0 aliphatic carbocycles. The summed E-state index contributed by atoms with van der Waals surface area (Å²) in [5.74, 6) is 0.843. The Balaban J connectivity index is 2.08. The molecule has 0 atom stereocenters. The molecule has 0 saturated heterocycles. The van der Waals surface area contributed by atoms with Gasteiger partial charge < -0.3 is 4.57 Å². The number of para-hydroxylation sites is 2. The van der Waals surface area contributed by atoms with Crippen LogP contribution in [-0.4, -0.2) is 20.3 Å². The van der Waals surface area contributed by atoms with Crippen molar-refractivity contribution in [1.82, 2.24) is 14.5 Å². The zero-order chi connectivity index (χ0) is 14.3. The van der Waals surface area contributed by atoms with Gasteiger partial charge in [0.1, 0.15) is 5.69 Å². The minimum absolute atomic E-state index is 0.0367. The van der Waals surface area contributed by atoms with Crippen molar-refractivity contribution in [2.45, 2.75) is 13.8 Å². The summed E-state index contributed by atoms with van der Waals surface area (Å²) in [7, 11) is 1.97. The number of fused-ring (bicyclic) bond motifs is 1. The van der Waals surface area contributed by atoms with Crippen molar-refractivity contribution >= 4 is 28.2 Å². The van der Waals surface area contributed by atoms with Gasteiger partial charge in [-0.05, 0) is 12.1 Å². The molecule has 5 heteroatoms. The molecule has 0 N–H and O–H groups in total. The number of aromatic nitrogens is 3. The number of hydrogen-bond acceptors (Lipinski definition) is 4. The molecule has 3 aromatic rings. The maximum atomic E-state index is 12.0. The van der Waals surface area contributed by atoms with Gasteiger partial charge in [0.25, 0.3) is 0 Å². The first-order valence-electron chi connectivity index (χ1n) is 6.49. The third-order valence-electron chi connectivity index (χ3n) is 3.26. The summed E-state index contributed by atoms with van der Waals surface area (Å²) < 4.78 is 2.01. The molecule has 0 fully saturated rings. The number of carbonyl (C=O) groups is 1. The molecule has 0 amide bonds. The van der Waals surface area contributed by atoms with Gasteiger partial charge in [-0.2, -0.15) is 0 Å². The van der Waals surface area contributed by atoms with E-state index in [0.717, 1.165) is 21.9 Å². The number of thiazole rings is 1. The predicted octanol–water partition coefficient (Wildman–Crippen LogP) is 3.54. The zero-order valence-electron chi connectivity index (χ0n) is 11.6. The van der Waals surface area contributed by atoms with Crippen molar-refractivity contribution in [3.63, 3.8) is 0 Å². The highest BCUT2D eigenvalue weighted by atomic mass is 32.1. The lowest BCUT2D eigenvalue weighted by Gasteiger charge is -1.99. The highest BCUT2D eigenvalue weighted by Gasteiger charge is 2.17. The fourth-order valence-corrected chi connectivity index (χ4v) is 2.95. The number of aryl methyl sites for hydroxylation is 1. The number of nitrogens with zero attached hydrogens (tertiary/aromatic N) is 3. The number of hydrogen-bond donors (Lipinski definition) is 0. The van der Waals surface area contributed by atoms with Gasteiger partial charge in [-0.15, -0.1) is 11.3 Å². The van der Waals surface area contributed by atoms with Crippen molar-refractivity contribution in [2.75, 3.05) is 0 Å². The van der Waals surface area contributed by atoms with Gasteiger partial charge in [-0.25, -0.2) is 9.97 Å². The molecule has 0 radical (unpaired) electrons. The van der Waals surface area contributed by atoms with E-state index in [0.29, 0.717) is 5.69 Å². The third kappa shape index (κ3) is 2.04. The lowest BCUT2D eigenvalue weighted by Crippen LogP contribution is -2.07. The molecular formula is C15H15N3OS. The van der Waals surface area contributed by atoms with E-state index in [2.05, 4.69) is 9.97 Å². The Morgan fingerprint density at radius 3 is 2.70 bits per heavy atom. The van der Waals surface area contributed by atoms with E-state index in [-0.39, 0.29) is 11.7 Å². The largest absolute Gasteiger partial charge is 0.325 e. The SMILES string of the molecule is CC(C)C(=O)c1csc(-c2nc3ccccc3n2C)n1. The van der Waals surface area contributed by atoms with E-state index >= 15 is 0 Å². The Bertz CT molecular complexity index is 785. The standard InChI is InChI=1S/C15H15N3OS/c1-9(2)13(19)11-8-20-15(17-11)14-16-10-6-4-5-7-12(10)18(14)3/h4-9H,1-3H3. The summed E-state index contributed by atoms with van der Waals surface area (Å²) in [6.45, 7) is 3.77. The smallest absolute Gasteiger partial charge is 0.184 e. The van der Waals surface area contributed by atoms with E-state index in [4.69, 9.17) is 0 Å². The summed E-state index contributed by atoms with van der Waals surface area (Å²) in [5.41, 5.74) is 2.54. The van der Waals surface area contributed by atoms with Gasteiger partial charge in [-0.3, -0.25) is 4.79 Å². The second-order valence-corrected chi connectivity index (χ2v) is 5.90. The molecule has 20 heavy (non-hydrogen) atoms. The molecule has 102 valence electrons. The van der Waals surface area contributed by atoms with Crippen LogP contribution in [0.3, 0.4) is 0 Å². The zero-order valence-corrected chi connectivity index (χ0v) is 12.4. The van der Waals surface area contributed by atoms with Gasteiger partial charge in [-0.1, -0.05) is 26.0 Å². The topological polar surface area (TPSA) is 47.8 Å². The van der Waals surface area contributed by atoms with Gasteiger partial charge in [0.05, 0.1) is 11.0 Å². The molecule has 0 spiro atoms. The molecule has 4 nitrogen and oxygen atoms in total. The van der Waals surface area contributed by atoms with Crippen LogP contribution < -0.4 is 0 Å². The molecular weight excluding hydrogens is 270 g/mol. The Morgan fingerprint density at radius 2 is 2.00 bits per heavy atom. The van der Waals surface area contributed by atoms with Crippen LogP contribution in [0.1, 0.15) is 24.3 Å². The second-order valence-electron chi connectivity index (χ2n) is 5.04. The maximum Gasteiger partial charge on any atom is 0.184 e. The monoisotopic (exact) mass is 285 g/mol. The van der Waals surface area contributed by atoms with Crippen molar-refractivity contribution in [3.8, 4) is 10.8 Å². The molecule has 0 aliphatic rings. The molecule has 3 rings (SSSR count). The van der Waals surface area contributed by atoms with E-state index in [1.165, 1.54) is 11.3 Å². The van der Waals surface area contributed by atoms with E-state index < -0.39 is 0 Å². The van der Waals surface area contributed by atoms with Gasteiger partial charge in [0.2, 0.25) is 0 Å². The van der Waals surface area contributed by atoms with Crippen molar-refractivity contribution in [3.05, 3.63) is 35.3 Å². The molecule has 0 saturated carbocycles. The maximum absolute atomic E-state index is 12.0. The van der Waals surface area contributed by atoms with Crippen LogP contribution in [0.2, 0.25) is 0 Å². The normalized spacial score (nSPS) is 11.4. The molecule has 0 unspecified atom stereocenters. The lowest BCUT2D eigenvalue weighted by atomic mass is 10.1. The van der Waals surface area contributed by atoms with E-state index in [1.807, 2.05) is 55.1 Å². The van der Waals surface area contributed by atoms with Crippen LogP contribution in [0.4, 0.5) is 0 Å². The van der Waals surface area contributed by atoms with E-state index in [9.17, 15) is 4.79 Å². The minimum atomic E-state index is -0.0367. The second kappa shape index (κ2) is 4.83. The average Bonchev–Trinajstić information content (AvgIpc) is 3.03. The Kier molecular flexibility index (Phi) is 3.14. The molecule has 0 aliphatic heterocycles. The fraction of sp³-hybridized carbons (Fsp3) is 0.267. The van der Waals surface area contributed by atoms with Crippen LogP contribution in [0.5, 0.6) is 0 Å². The van der Waals surface area contributed by atoms with Gasteiger partial charge >= 0.3 is 0 Å². The van der Waals surface area contributed by atoms with Crippen LogP contribution in [-0.2, 0) is 7.05 Å². The average molecular weight is 285 g/mol. The van der Waals surface area contributed by atoms with Crippen molar-refractivity contribution in [2.24, 2.45) is 13.0 Å². The highest BCUT2D eigenvalue weighted by molar-refractivity contribution is 7.13. The third-order valence-corrected chi connectivity index (χ3v) is 4.10. The van der Waals surface area contributed by atoms with Crippen molar-refractivity contribution < 1.29 is 4.79 Å². The fourth-order valence-electron chi connectivity index (χ4n) is 2.12. The summed E-state index contributed by atoms with van der Waals surface area (Å²) in [6.07, 6.45) is 0. The van der Waals surface area contributed by atoms with E-state index in [1.54, 1.807) is 0 Å². The van der Waals surface area contributed by atoms with Crippen LogP contribution in [0.25, 0.3) is 21.9 Å². The van der Waals surface area contributed by atoms with Crippen LogP contribution >= 0.6 is 11.3 Å². The number of rotatable bonds is 3. The summed E-state index contributed by atoms with van der Waals surface area (Å²) >= 11 is 1.46. The number of imidazole rings is 1. The number of ketones is 1. The Hall–Kier alpha value is -2.01. The lowest BCUT2D eigenvalue weighted by molar-refractivity contribution is 0.0935. The molecule has 2 aromatic heterocycles. The number of Topliss-reactive ketones (excluding diaryl/α,β-unsaturated/α-hetero) is 1. The number of benzene rings is 1. The summed E-state index contributed by atoms with van der Waals surface area (Å²) in [6, 6.07) is 7.96. The van der Waals surface area contributed by atoms with Gasteiger partial charge in [0.15, 0.2) is 16.6 Å². The Morgan fingerprint density at radius 1 is 1.25 bits per heavy atom. The highest BCUT2D eigenvalue weighted by Crippen LogP contribution is 2.27. The first-order chi connectivity index (χ1) is 9.58. The first kappa shape index (κ1) is 13.0. The van der Waals surface area contributed by atoms with Crippen LogP contribution in [0.15, 0.2) is 29.6 Å². The quantitative estimate of drug-likeness (QED) is 0.692.